The van der Waals surface area contributed by atoms with Gasteiger partial charge in [0.2, 0.25) is 0 Å². The van der Waals surface area contributed by atoms with Crippen molar-refractivity contribution in [3.05, 3.63) is 39.9 Å². The summed E-state index contributed by atoms with van der Waals surface area (Å²) in [6.45, 7) is 0.751. The molecule has 0 amide bonds. The van der Waals surface area contributed by atoms with Crippen molar-refractivity contribution in [2.24, 2.45) is 7.05 Å². The number of rotatable bonds is 3. The van der Waals surface area contributed by atoms with Crippen molar-refractivity contribution < 1.29 is 0 Å². The normalized spacial score (nSPS) is 10.3. The van der Waals surface area contributed by atoms with E-state index >= 15 is 0 Å². The monoisotopic (exact) mass is 314 g/mol. The lowest BCUT2D eigenvalue weighted by atomic mass is 10.3. The Balaban J connectivity index is 2.02. The third-order valence-corrected chi connectivity index (χ3v) is 2.85. The molecule has 0 unspecified atom stereocenters. The fourth-order valence-corrected chi connectivity index (χ4v) is 1.80. The van der Waals surface area contributed by atoms with Crippen molar-refractivity contribution in [3.8, 4) is 0 Å². The van der Waals surface area contributed by atoms with Gasteiger partial charge in [-0.05, 0) is 34.7 Å². The molecule has 2 rings (SSSR count). The third kappa shape index (κ3) is 2.68. The van der Waals surface area contributed by atoms with Crippen molar-refractivity contribution in [1.29, 1.82) is 0 Å². The Morgan fingerprint density at radius 2 is 2.40 bits per heavy atom. The maximum absolute atomic E-state index is 4.25. The van der Waals surface area contributed by atoms with E-state index < -0.39 is 0 Å². The van der Waals surface area contributed by atoms with E-state index in [2.05, 4.69) is 38.0 Å². The van der Waals surface area contributed by atoms with E-state index in [1.165, 1.54) is 0 Å². The van der Waals surface area contributed by atoms with E-state index in [0.717, 1.165) is 21.5 Å². The standard InChI is InChI=1S/C10H11IN4/c1-15-7-8(6-14-15)5-13-10-9(11)3-2-4-12-10/h2-4,6-7H,5H2,1H3,(H,12,13). The second-order valence-corrected chi connectivity index (χ2v) is 4.37. The van der Waals surface area contributed by atoms with Crippen LogP contribution in [0.4, 0.5) is 5.82 Å². The fourth-order valence-electron chi connectivity index (χ4n) is 1.26. The van der Waals surface area contributed by atoms with Crippen LogP contribution in [-0.4, -0.2) is 14.8 Å². The highest BCUT2D eigenvalue weighted by Crippen LogP contribution is 2.14. The summed E-state index contributed by atoms with van der Waals surface area (Å²) in [4.78, 5) is 4.25. The SMILES string of the molecule is Cn1cc(CNc2ncccc2I)cn1. The highest BCUT2D eigenvalue weighted by atomic mass is 127. The minimum Gasteiger partial charge on any atom is -0.365 e. The smallest absolute Gasteiger partial charge is 0.139 e. The van der Waals surface area contributed by atoms with E-state index in [-0.39, 0.29) is 0 Å². The third-order valence-electron chi connectivity index (χ3n) is 1.98. The predicted octanol–water partition coefficient (Wildman–Crippen LogP) is 2.03. The Bertz CT molecular complexity index is 452. The summed E-state index contributed by atoms with van der Waals surface area (Å²) in [7, 11) is 1.91. The predicted molar refractivity (Wildman–Crippen MR) is 67.5 cm³/mol. The zero-order chi connectivity index (χ0) is 10.7. The van der Waals surface area contributed by atoms with Gasteiger partial charge in [-0.3, -0.25) is 4.68 Å². The van der Waals surface area contributed by atoms with Crippen LogP contribution in [0.5, 0.6) is 0 Å². The molecule has 2 heterocycles. The van der Waals surface area contributed by atoms with Crippen molar-refractivity contribution in [2.75, 3.05) is 5.32 Å². The molecule has 0 fully saturated rings. The second-order valence-electron chi connectivity index (χ2n) is 3.21. The van der Waals surface area contributed by atoms with Gasteiger partial charge in [-0.2, -0.15) is 5.10 Å². The number of hydrogen-bond acceptors (Lipinski definition) is 3. The van der Waals surface area contributed by atoms with E-state index in [0.29, 0.717) is 0 Å². The summed E-state index contributed by atoms with van der Waals surface area (Å²) in [5, 5.41) is 7.38. The number of anilines is 1. The van der Waals surface area contributed by atoms with E-state index in [4.69, 9.17) is 0 Å². The van der Waals surface area contributed by atoms with E-state index in [9.17, 15) is 0 Å². The van der Waals surface area contributed by atoms with Crippen molar-refractivity contribution in [2.45, 2.75) is 6.54 Å². The van der Waals surface area contributed by atoms with Crippen LogP contribution in [0, 0.1) is 3.57 Å². The molecule has 0 aromatic carbocycles. The van der Waals surface area contributed by atoms with E-state index in [1.54, 1.807) is 10.9 Å². The molecule has 0 spiro atoms. The number of pyridine rings is 1. The molecule has 0 saturated carbocycles. The van der Waals surface area contributed by atoms with Crippen molar-refractivity contribution >= 4 is 28.4 Å². The van der Waals surface area contributed by atoms with Gasteiger partial charge in [0.05, 0.1) is 9.77 Å². The summed E-state index contributed by atoms with van der Waals surface area (Å²) >= 11 is 2.26. The molecule has 0 aliphatic carbocycles. The number of nitrogens with one attached hydrogen (secondary N) is 1. The number of nitrogens with zero attached hydrogens (tertiary/aromatic N) is 3. The van der Waals surface area contributed by atoms with Gasteiger partial charge in [0, 0.05) is 31.5 Å². The van der Waals surface area contributed by atoms with Gasteiger partial charge in [0.25, 0.3) is 0 Å². The van der Waals surface area contributed by atoms with Gasteiger partial charge >= 0.3 is 0 Å². The van der Waals surface area contributed by atoms with Gasteiger partial charge in [-0.15, -0.1) is 0 Å². The molecule has 0 radical (unpaired) electrons. The first-order valence-corrected chi connectivity index (χ1v) is 5.65. The van der Waals surface area contributed by atoms with Gasteiger partial charge in [0.1, 0.15) is 5.82 Å². The number of aromatic nitrogens is 3. The molecule has 0 bridgehead atoms. The maximum atomic E-state index is 4.25. The first-order valence-electron chi connectivity index (χ1n) is 4.57. The quantitative estimate of drug-likeness (QED) is 0.882. The molecular weight excluding hydrogens is 303 g/mol. The van der Waals surface area contributed by atoms with Crippen LogP contribution in [-0.2, 0) is 13.6 Å². The average molecular weight is 314 g/mol. The number of aryl methyl sites for hydroxylation is 1. The fraction of sp³-hybridized carbons (Fsp3) is 0.200. The summed E-state index contributed by atoms with van der Waals surface area (Å²) in [6, 6.07) is 3.95. The molecule has 0 saturated heterocycles. The molecule has 2 aromatic heterocycles. The Morgan fingerprint density at radius 3 is 3.07 bits per heavy atom. The molecule has 2 aromatic rings. The van der Waals surface area contributed by atoms with Crippen LogP contribution in [0.3, 0.4) is 0 Å². The zero-order valence-electron chi connectivity index (χ0n) is 8.31. The van der Waals surface area contributed by atoms with Crippen LogP contribution in [0.25, 0.3) is 0 Å². The van der Waals surface area contributed by atoms with Crippen LogP contribution in [0.1, 0.15) is 5.56 Å². The number of hydrogen-bond donors (Lipinski definition) is 1. The lowest BCUT2D eigenvalue weighted by molar-refractivity contribution is 0.767. The molecule has 0 aliphatic rings. The first-order chi connectivity index (χ1) is 7.25. The Morgan fingerprint density at radius 1 is 1.53 bits per heavy atom. The summed E-state index contributed by atoms with van der Waals surface area (Å²) in [5.74, 6) is 0.918. The molecule has 0 atom stereocenters. The molecule has 5 heteroatoms. The van der Waals surface area contributed by atoms with Gasteiger partial charge in [-0.1, -0.05) is 0 Å². The van der Waals surface area contributed by atoms with Crippen molar-refractivity contribution in [3.63, 3.8) is 0 Å². The van der Waals surface area contributed by atoms with Crippen LogP contribution >= 0.6 is 22.6 Å². The minimum absolute atomic E-state index is 0.751. The summed E-state index contributed by atoms with van der Waals surface area (Å²) < 4.78 is 2.92. The molecule has 0 aliphatic heterocycles. The lowest BCUT2D eigenvalue weighted by Crippen LogP contribution is -2.02. The van der Waals surface area contributed by atoms with Crippen LogP contribution in [0.15, 0.2) is 30.7 Å². The molecule has 15 heavy (non-hydrogen) atoms. The van der Waals surface area contributed by atoms with Crippen LogP contribution < -0.4 is 5.32 Å². The van der Waals surface area contributed by atoms with Crippen molar-refractivity contribution in [1.82, 2.24) is 14.8 Å². The molecule has 78 valence electrons. The maximum Gasteiger partial charge on any atom is 0.139 e. The molecule has 1 N–H and O–H groups in total. The first kappa shape index (κ1) is 10.4. The molecular formula is C10H11IN4. The Kier molecular flexibility index (Phi) is 3.20. The largest absolute Gasteiger partial charge is 0.365 e. The van der Waals surface area contributed by atoms with Gasteiger partial charge in [-0.25, -0.2) is 4.98 Å². The summed E-state index contributed by atoms with van der Waals surface area (Å²) in [5.41, 5.74) is 1.15. The lowest BCUT2D eigenvalue weighted by Gasteiger charge is -2.04. The Hall–Kier alpha value is -1.11. The highest BCUT2D eigenvalue weighted by Gasteiger charge is 2.00. The Labute approximate surface area is 102 Å². The average Bonchev–Trinajstić information content (AvgIpc) is 2.63. The summed E-state index contributed by atoms with van der Waals surface area (Å²) in [6.07, 6.45) is 5.62. The van der Waals surface area contributed by atoms with E-state index in [1.807, 2.05) is 31.6 Å². The van der Waals surface area contributed by atoms with Gasteiger partial charge < -0.3 is 5.32 Å². The zero-order valence-corrected chi connectivity index (χ0v) is 10.5. The molecule has 4 nitrogen and oxygen atoms in total. The topological polar surface area (TPSA) is 42.7 Å². The number of halogens is 1. The second kappa shape index (κ2) is 4.61. The van der Waals surface area contributed by atoms with Gasteiger partial charge in [0.15, 0.2) is 0 Å². The minimum atomic E-state index is 0.751. The highest BCUT2D eigenvalue weighted by molar-refractivity contribution is 14.1. The van der Waals surface area contributed by atoms with Crippen LogP contribution in [0.2, 0.25) is 0 Å².